The molecule has 0 radical (unpaired) electrons. The van der Waals surface area contributed by atoms with E-state index >= 15 is 0 Å². The van der Waals surface area contributed by atoms with Crippen LogP contribution < -0.4 is 10.6 Å². The minimum Gasteiger partial charge on any atom is -0.354 e. The van der Waals surface area contributed by atoms with Crippen molar-refractivity contribution in [2.45, 2.75) is 26.2 Å². The maximum Gasteiger partial charge on any atom is 0.224 e. The maximum atomic E-state index is 6.15. The molecule has 0 saturated heterocycles. The monoisotopic (exact) mass is 324 g/mol. The molecule has 112 valence electrons. The summed E-state index contributed by atoms with van der Waals surface area (Å²) in [6.45, 7) is 3.05. The number of benzene rings is 1. The fourth-order valence-electron chi connectivity index (χ4n) is 1.83. The van der Waals surface area contributed by atoms with Crippen molar-refractivity contribution in [3.05, 3.63) is 40.5 Å². The van der Waals surface area contributed by atoms with Crippen LogP contribution in [0.2, 0.25) is 10.0 Å². The van der Waals surface area contributed by atoms with Crippen molar-refractivity contribution in [2.75, 3.05) is 17.2 Å². The molecule has 2 aromatic rings. The standard InChI is InChI=1S/C15H18Cl2N4/c1-2-3-4-9-18-15-19-10-8-13(21-15)20-12-7-5-6-11(16)14(12)17/h5-8,10H,2-4,9H2,1H3,(H2,18,19,20,21). The number of anilines is 3. The number of nitrogens with one attached hydrogen (secondary N) is 2. The quantitative estimate of drug-likeness (QED) is 0.693. The van der Waals surface area contributed by atoms with Gasteiger partial charge in [-0.25, -0.2) is 4.98 Å². The van der Waals surface area contributed by atoms with Gasteiger partial charge in [0.1, 0.15) is 5.82 Å². The lowest BCUT2D eigenvalue weighted by Crippen LogP contribution is -2.06. The van der Waals surface area contributed by atoms with Gasteiger partial charge in [-0.3, -0.25) is 0 Å². The first-order valence-electron chi connectivity index (χ1n) is 6.98. The van der Waals surface area contributed by atoms with E-state index in [-0.39, 0.29) is 0 Å². The minimum absolute atomic E-state index is 0.482. The highest BCUT2D eigenvalue weighted by Gasteiger charge is 2.06. The molecule has 0 amide bonds. The first-order valence-corrected chi connectivity index (χ1v) is 7.74. The van der Waals surface area contributed by atoms with Crippen molar-refractivity contribution in [1.82, 2.24) is 9.97 Å². The normalized spacial score (nSPS) is 10.4. The SMILES string of the molecule is CCCCCNc1nccc(Nc2cccc(Cl)c2Cl)n1. The number of rotatable bonds is 7. The molecule has 2 N–H and O–H groups in total. The van der Waals surface area contributed by atoms with Crippen molar-refractivity contribution >= 4 is 40.7 Å². The summed E-state index contributed by atoms with van der Waals surface area (Å²) in [6.07, 6.45) is 5.20. The molecule has 0 aliphatic carbocycles. The molecule has 0 bridgehead atoms. The average Bonchev–Trinajstić information content (AvgIpc) is 2.49. The van der Waals surface area contributed by atoms with E-state index in [0.717, 1.165) is 18.7 Å². The molecule has 21 heavy (non-hydrogen) atoms. The molecule has 0 spiro atoms. The summed E-state index contributed by atoms with van der Waals surface area (Å²) in [4.78, 5) is 8.60. The Hall–Kier alpha value is -1.52. The Balaban J connectivity index is 2.02. The van der Waals surface area contributed by atoms with E-state index in [0.29, 0.717) is 21.8 Å². The van der Waals surface area contributed by atoms with Crippen molar-refractivity contribution < 1.29 is 0 Å². The molecule has 2 rings (SSSR count). The number of hydrogen-bond donors (Lipinski definition) is 2. The van der Waals surface area contributed by atoms with Gasteiger partial charge in [-0.2, -0.15) is 4.98 Å². The second kappa shape index (κ2) is 8.05. The van der Waals surface area contributed by atoms with Gasteiger partial charge in [0.15, 0.2) is 0 Å². The molecule has 1 aromatic carbocycles. The van der Waals surface area contributed by atoms with E-state index in [2.05, 4.69) is 27.5 Å². The van der Waals surface area contributed by atoms with Crippen LogP contribution in [0.4, 0.5) is 17.5 Å². The summed E-state index contributed by atoms with van der Waals surface area (Å²) >= 11 is 12.1. The Kier molecular flexibility index (Phi) is 6.08. The fraction of sp³-hybridized carbons (Fsp3) is 0.333. The number of halogens is 2. The lowest BCUT2D eigenvalue weighted by Gasteiger charge is -2.10. The molecule has 0 unspecified atom stereocenters. The van der Waals surface area contributed by atoms with Crippen LogP contribution in [0, 0.1) is 0 Å². The van der Waals surface area contributed by atoms with E-state index < -0.39 is 0 Å². The molecule has 0 aliphatic heterocycles. The summed E-state index contributed by atoms with van der Waals surface area (Å²) in [5, 5.41) is 7.35. The average molecular weight is 325 g/mol. The van der Waals surface area contributed by atoms with Crippen LogP contribution in [-0.4, -0.2) is 16.5 Å². The molecule has 6 heteroatoms. The highest BCUT2D eigenvalue weighted by molar-refractivity contribution is 6.43. The minimum atomic E-state index is 0.482. The Labute approximate surface area is 134 Å². The molecule has 1 heterocycles. The third-order valence-corrected chi connectivity index (χ3v) is 3.75. The Morgan fingerprint density at radius 3 is 2.81 bits per heavy atom. The van der Waals surface area contributed by atoms with Gasteiger partial charge < -0.3 is 10.6 Å². The lowest BCUT2D eigenvalue weighted by molar-refractivity contribution is 0.740. The summed E-state index contributed by atoms with van der Waals surface area (Å²) in [6, 6.07) is 7.22. The van der Waals surface area contributed by atoms with E-state index in [1.807, 2.05) is 12.1 Å². The van der Waals surface area contributed by atoms with Crippen LogP contribution in [0.1, 0.15) is 26.2 Å². The second-order valence-corrected chi connectivity index (χ2v) is 5.41. The Bertz CT molecular complexity index is 590. The molecule has 0 aliphatic rings. The van der Waals surface area contributed by atoms with E-state index in [9.17, 15) is 0 Å². The molecule has 0 saturated carbocycles. The van der Waals surface area contributed by atoms with Crippen molar-refractivity contribution in [1.29, 1.82) is 0 Å². The first kappa shape index (κ1) is 15.9. The smallest absolute Gasteiger partial charge is 0.224 e. The molecule has 0 fully saturated rings. The maximum absolute atomic E-state index is 6.15. The van der Waals surface area contributed by atoms with E-state index in [4.69, 9.17) is 23.2 Å². The Morgan fingerprint density at radius 1 is 1.14 bits per heavy atom. The van der Waals surface area contributed by atoms with Gasteiger partial charge in [0, 0.05) is 12.7 Å². The predicted molar refractivity (Wildman–Crippen MR) is 89.8 cm³/mol. The number of hydrogen-bond acceptors (Lipinski definition) is 4. The van der Waals surface area contributed by atoms with Gasteiger partial charge in [-0.05, 0) is 24.6 Å². The fourth-order valence-corrected chi connectivity index (χ4v) is 2.17. The van der Waals surface area contributed by atoms with Crippen LogP contribution >= 0.6 is 23.2 Å². The van der Waals surface area contributed by atoms with Crippen LogP contribution in [0.25, 0.3) is 0 Å². The summed E-state index contributed by atoms with van der Waals surface area (Å²) in [7, 11) is 0. The topological polar surface area (TPSA) is 49.8 Å². The predicted octanol–water partition coefficient (Wildman–Crippen LogP) is 5.13. The largest absolute Gasteiger partial charge is 0.354 e. The lowest BCUT2D eigenvalue weighted by atomic mass is 10.2. The Morgan fingerprint density at radius 2 is 2.00 bits per heavy atom. The van der Waals surface area contributed by atoms with Gasteiger partial charge >= 0.3 is 0 Å². The van der Waals surface area contributed by atoms with Crippen LogP contribution in [0.5, 0.6) is 0 Å². The van der Waals surface area contributed by atoms with Crippen molar-refractivity contribution in [3.8, 4) is 0 Å². The highest BCUT2D eigenvalue weighted by atomic mass is 35.5. The van der Waals surface area contributed by atoms with Crippen LogP contribution in [0.15, 0.2) is 30.5 Å². The van der Waals surface area contributed by atoms with Gasteiger partial charge in [-0.1, -0.05) is 49.0 Å². The molecular formula is C15H18Cl2N4. The molecular weight excluding hydrogens is 307 g/mol. The zero-order chi connectivity index (χ0) is 15.1. The first-order chi connectivity index (χ1) is 10.2. The number of nitrogens with zero attached hydrogens (tertiary/aromatic N) is 2. The second-order valence-electron chi connectivity index (χ2n) is 4.63. The third-order valence-electron chi connectivity index (χ3n) is 2.93. The van der Waals surface area contributed by atoms with E-state index in [1.165, 1.54) is 12.8 Å². The zero-order valence-electron chi connectivity index (χ0n) is 11.9. The van der Waals surface area contributed by atoms with Gasteiger partial charge in [0.25, 0.3) is 0 Å². The summed E-state index contributed by atoms with van der Waals surface area (Å²) < 4.78 is 0. The van der Waals surface area contributed by atoms with Crippen molar-refractivity contribution in [3.63, 3.8) is 0 Å². The van der Waals surface area contributed by atoms with Crippen molar-refractivity contribution in [2.24, 2.45) is 0 Å². The van der Waals surface area contributed by atoms with Gasteiger partial charge in [-0.15, -0.1) is 0 Å². The van der Waals surface area contributed by atoms with Gasteiger partial charge in [0.2, 0.25) is 5.95 Å². The number of unbranched alkanes of at least 4 members (excludes halogenated alkanes) is 2. The highest BCUT2D eigenvalue weighted by Crippen LogP contribution is 2.31. The van der Waals surface area contributed by atoms with E-state index in [1.54, 1.807) is 18.3 Å². The van der Waals surface area contributed by atoms with Crippen LogP contribution in [-0.2, 0) is 0 Å². The summed E-state index contributed by atoms with van der Waals surface area (Å²) in [5.41, 5.74) is 0.722. The molecule has 0 atom stereocenters. The third kappa shape index (κ3) is 4.76. The van der Waals surface area contributed by atoms with Crippen LogP contribution in [0.3, 0.4) is 0 Å². The molecule has 4 nitrogen and oxygen atoms in total. The molecule has 1 aromatic heterocycles. The number of aromatic nitrogens is 2. The van der Waals surface area contributed by atoms with Gasteiger partial charge in [0.05, 0.1) is 15.7 Å². The zero-order valence-corrected chi connectivity index (χ0v) is 13.4. The summed E-state index contributed by atoms with van der Waals surface area (Å²) in [5.74, 6) is 1.28.